The molecule has 0 radical (unpaired) electrons. The van der Waals surface area contributed by atoms with Crippen molar-refractivity contribution >= 4 is 5.82 Å². The first kappa shape index (κ1) is 11.3. The standard InChI is InChI=1S/C14H18N4/c15-14-13(9-17-18-14)12-4-2-1-3-11(12)10-5-7-16-8-6-10/h1-4,9-10,16H,5-8H2,(H3,15,17,18). The topological polar surface area (TPSA) is 66.7 Å². The minimum atomic E-state index is 0.622. The highest BCUT2D eigenvalue weighted by atomic mass is 15.1. The highest BCUT2D eigenvalue weighted by molar-refractivity contribution is 5.76. The molecule has 1 fully saturated rings. The van der Waals surface area contributed by atoms with E-state index in [9.17, 15) is 0 Å². The number of aromatic amines is 1. The molecular formula is C14H18N4. The van der Waals surface area contributed by atoms with Crippen LogP contribution in [0.2, 0.25) is 0 Å². The second-order valence-corrected chi connectivity index (χ2v) is 4.81. The van der Waals surface area contributed by atoms with Crippen LogP contribution in [-0.2, 0) is 0 Å². The number of nitrogen functional groups attached to an aromatic ring is 1. The second-order valence-electron chi connectivity index (χ2n) is 4.81. The van der Waals surface area contributed by atoms with Gasteiger partial charge in [-0.05, 0) is 43.0 Å². The van der Waals surface area contributed by atoms with E-state index in [0.29, 0.717) is 11.7 Å². The summed E-state index contributed by atoms with van der Waals surface area (Å²) in [5.41, 5.74) is 9.57. The number of nitrogens with zero attached hydrogens (tertiary/aromatic N) is 1. The van der Waals surface area contributed by atoms with Crippen molar-refractivity contribution in [1.82, 2.24) is 15.5 Å². The molecule has 18 heavy (non-hydrogen) atoms. The Morgan fingerprint density at radius 3 is 2.61 bits per heavy atom. The van der Waals surface area contributed by atoms with Gasteiger partial charge in [0.2, 0.25) is 0 Å². The number of aromatic nitrogens is 2. The monoisotopic (exact) mass is 242 g/mol. The molecule has 94 valence electrons. The lowest BCUT2D eigenvalue weighted by atomic mass is 9.85. The SMILES string of the molecule is Nc1[nH]ncc1-c1ccccc1C1CCNCC1. The predicted octanol–water partition coefficient (Wildman–Crippen LogP) is 2.13. The number of nitrogens with one attached hydrogen (secondary N) is 2. The van der Waals surface area contributed by atoms with E-state index >= 15 is 0 Å². The molecular weight excluding hydrogens is 224 g/mol. The Hall–Kier alpha value is -1.81. The number of H-pyrrole nitrogens is 1. The van der Waals surface area contributed by atoms with Gasteiger partial charge in [-0.2, -0.15) is 5.10 Å². The lowest BCUT2D eigenvalue weighted by molar-refractivity contribution is 0.461. The Labute approximate surface area is 107 Å². The van der Waals surface area contributed by atoms with Gasteiger partial charge in [0.05, 0.1) is 6.20 Å². The highest BCUT2D eigenvalue weighted by Crippen LogP contribution is 2.35. The Balaban J connectivity index is 2.02. The quantitative estimate of drug-likeness (QED) is 0.755. The fourth-order valence-electron chi connectivity index (χ4n) is 2.74. The molecule has 0 aliphatic carbocycles. The van der Waals surface area contributed by atoms with Gasteiger partial charge in [-0.15, -0.1) is 0 Å². The van der Waals surface area contributed by atoms with Crippen molar-refractivity contribution in [2.45, 2.75) is 18.8 Å². The van der Waals surface area contributed by atoms with E-state index in [1.807, 2.05) is 6.20 Å². The molecule has 4 heteroatoms. The minimum Gasteiger partial charge on any atom is -0.384 e. The van der Waals surface area contributed by atoms with Crippen molar-refractivity contribution in [3.05, 3.63) is 36.0 Å². The third kappa shape index (κ3) is 1.99. The van der Waals surface area contributed by atoms with Gasteiger partial charge in [0, 0.05) is 5.56 Å². The van der Waals surface area contributed by atoms with Crippen LogP contribution in [0.15, 0.2) is 30.5 Å². The lowest BCUT2D eigenvalue weighted by Crippen LogP contribution is -2.26. The molecule has 2 aromatic rings. The summed E-state index contributed by atoms with van der Waals surface area (Å²) in [5.74, 6) is 1.27. The molecule has 1 aliphatic rings. The van der Waals surface area contributed by atoms with E-state index in [4.69, 9.17) is 5.73 Å². The molecule has 0 unspecified atom stereocenters. The smallest absolute Gasteiger partial charge is 0.126 e. The van der Waals surface area contributed by atoms with Crippen LogP contribution in [0.4, 0.5) is 5.82 Å². The number of hydrogen-bond acceptors (Lipinski definition) is 3. The predicted molar refractivity (Wildman–Crippen MR) is 73.3 cm³/mol. The average molecular weight is 242 g/mol. The third-order valence-electron chi connectivity index (χ3n) is 3.70. The maximum atomic E-state index is 5.94. The first-order chi connectivity index (χ1) is 8.86. The highest BCUT2D eigenvalue weighted by Gasteiger charge is 2.19. The molecule has 0 atom stereocenters. The van der Waals surface area contributed by atoms with Crippen molar-refractivity contribution in [3.63, 3.8) is 0 Å². The Bertz CT molecular complexity index is 526. The Morgan fingerprint density at radius 2 is 1.89 bits per heavy atom. The summed E-state index contributed by atoms with van der Waals surface area (Å²) in [4.78, 5) is 0. The molecule has 0 amide bonds. The number of piperidine rings is 1. The molecule has 1 saturated heterocycles. The molecule has 3 rings (SSSR count). The number of nitrogens with two attached hydrogens (primary N) is 1. The summed E-state index contributed by atoms with van der Waals surface area (Å²) >= 11 is 0. The summed E-state index contributed by atoms with van der Waals surface area (Å²) in [6.07, 6.45) is 4.19. The van der Waals surface area contributed by atoms with Crippen LogP contribution in [0, 0.1) is 0 Å². The van der Waals surface area contributed by atoms with Gasteiger partial charge < -0.3 is 11.1 Å². The Kier molecular flexibility index (Phi) is 3.02. The molecule has 4 N–H and O–H groups in total. The van der Waals surface area contributed by atoms with Crippen LogP contribution < -0.4 is 11.1 Å². The third-order valence-corrected chi connectivity index (χ3v) is 3.70. The molecule has 0 saturated carbocycles. The summed E-state index contributed by atoms with van der Waals surface area (Å²) in [5, 5.41) is 10.2. The van der Waals surface area contributed by atoms with Gasteiger partial charge in [0.15, 0.2) is 0 Å². The molecule has 0 spiro atoms. The summed E-state index contributed by atoms with van der Waals surface area (Å²) in [6.45, 7) is 2.19. The van der Waals surface area contributed by atoms with Crippen LogP contribution in [-0.4, -0.2) is 23.3 Å². The zero-order valence-corrected chi connectivity index (χ0v) is 10.3. The molecule has 2 heterocycles. The van der Waals surface area contributed by atoms with Crippen LogP contribution >= 0.6 is 0 Å². The van der Waals surface area contributed by atoms with Crippen LogP contribution in [0.5, 0.6) is 0 Å². The number of benzene rings is 1. The summed E-state index contributed by atoms with van der Waals surface area (Å²) in [6, 6.07) is 8.53. The first-order valence-corrected chi connectivity index (χ1v) is 6.45. The molecule has 1 aromatic heterocycles. The van der Waals surface area contributed by atoms with Gasteiger partial charge in [-0.25, -0.2) is 0 Å². The van der Waals surface area contributed by atoms with Crippen molar-refractivity contribution in [2.75, 3.05) is 18.8 Å². The molecule has 1 aliphatic heterocycles. The number of anilines is 1. The van der Waals surface area contributed by atoms with Crippen molar-refractivity contribution < 1.29 is 0 Å². The minimum absolute atomic E-state index is 0.622. The van der Waals surface area contributed by atoms with Gasteiger partial charge >= 0.3 is 0 Å². The van der Waals surface area contributed by atoms with Crippen molar-refractivity contribution in [1.29, 1.82) is 0 Å². The summed E-state index contributed by atoms with van der Waals surface area (Å²) < 4.78 is 0. The maximum absolute atomic E-state index is 5.94. The van der Waals surface area contributed by atoms with Crippen molar-refractivity contribution in [3.8, 4) is 11.1 Å². The second kappa shape index (κ2) is 4.82. The lowest BCUT2D eigenvalue weighted by Gasteiger charge is -2.25. The maximum Gasteiger partial charge on any atom is 0.126 e. The normalized spacial score (nSPS) is 16.9. The van der Waals surface area contributed by atoms with Crippen molar-refractivity contribution in [2.24, 2.45) is 0 Å². The van der Waals surface area contributed by atoms with E-state index in [1.54, 1.807) is 0 Å². The largest absolute Gasteiger partial charge is 0.384 e. The fourth-order valence-corrected chi connectivity index (χ4v) is 2.74. The Morgan fingerprint density at radius 1 is 1.11 bits per heavy atom. The molecule has 1 aromatic carbocycles. The zero-order chi connectivity index (χ0) is 12.4. The van der Waals surface area contributed by atoms with Crippen LogP contribution in [0.25, 0.3) is 11.1 Å². The van der Waals surface area contributed by atoms with E-state index in [-0.39, 0.29) is 0 Å². The molecule has 0 bridgehead atoms. The summed E-state index contributed by atoms with van der Waals surface area (Å²) in [7, 11) is 0. The van der Waals surface area contributed by atoms with Crippen LogP contribution in [0.1, 0.15) is 24.3 Å². The van der Waals surface area contributed by atoms with Gasteiger partial charge in [0.1, 0.15) is 5.82 Å². The molecule has 4 nitrogen and oxygen atoms in total. The zero-order valence-electron chi connectivity index (χ0n) is 10.3. The fraction of sp³-hybridized carbons (Fsp3) is 0.357. The van der Waals surface area contributed by atoms with Gasteiger partial charge in [-0.3, -0.25) is 5.10 Å². The van der Waals surface area contributed by atoms with Gasteiger partial charge in [-0.1, -0.05) is 24.3 Å². The number of hydrogen-bond donors (Lipinski definition) is 3. The van der Waals surface area contributed by atoms with E-state index < -0.39 is 0 Å². The van der Waals surface area contributed by atoms with Crippen LogP contribution in [0.3, 0.4) is 0 Å². The number of rotatable bonds is 2. The average Bonchev–Trinajstić information content (AvgIpc) is 2.86. The van der Waals surface area contributed by atoms with E-state index in [0.717, 1.165) is 18.7 Å². The van der Waals surface area contributed by atoms with Gasteiger partial charge in [0.25, 0.3) is 0 Å². The first-order valence-electron chi connectivity index (χ1n) is 6.45. The van der Waals surface area contributed by atoms with E-state index in [1.165, 1.54) is 24.0 Å². The van der Waals surface area contributed by atoms with E-state index in [2.05, 4.69) is 39.8 Å².